The number of nitrogens with one attached hydrogen (secondary N) is 2. The zero-order valence-corrected chi connectivity index (χ0v) is 23.3. The molecule has 3 N–H and O–H groups in total. The molecule has 1 aromatic carbocycles. The molecule has 2 aromatic rings. The molecule has 2 heterocycles. The number of fused-ring (bicyclic) bond motifs is 1. The second-order valence-corrected chi connectivity index (χ2v) is 12.5. The predicted molar refractivity (Wildman–Crippen MR) is 148 cm³/mol. The summed E-state index contributed by atoms with van der Waals surface area (Å²) >= 11 is 1.63. The molecule has 3 atom stereocenters. The molecule has 0 bridgehead atoms. The molecule has 0 saturated heterocycles. The van der Waals surface area contributed by atoms with Crippen LogP contribution >= 0.6 is 11.3 Å². The molecular weight excluding hydrogens is 486 g/mol. The molecule has 202 valence electrons. The van der Waals surface area contributed by atoms with Gasteiger partial charge in [-0.2, -0.15) is 0 Å². The maximum absolute atomic E-state index is 12.1. The number of nitrogens with zero attached hydrogens (tertiary/aromatic N) is 1. The fraction of sp³-hybridized carbons (Fsp3) is 0.586. The van der Waals surface area contributed by atoms with Crippen LogP contribution in [0.5, 0.6) is 5.75 Å². The van der Waals surface area contributed by atoms with Gasteiger partial charge in [-0.15, -0.1) is 17.9 Å². The Kier molecular flexibility index (Phi) is 8.74. The maximum atomic E-state index is 12.1. The molecule has 1 aromatic heterocycles. The minimum atomic E-state index is -0.779. The summed E-state index contributed by atoms with van der Waals surface area (Å²) in [5.41, 5.74) is 3.40. The molecule has 1 saturated carbocycles. The Labute approximate surface area is 224 Å². The van der Waals surface area contributed by atoms with E-state index < -0.39 is 12.1 Å². The summed E-state index contributed by atoms with van der Waals surface area (Å²) in [5.74, 6) is 0.666. The lowest BCUT2D eigenvalue weighted by molar-refractivity contribution is -0.126. The fourth-order valence-electron chi connectivity index (χ4n) is 5.39. The van der Waals surface area contributed by atoms with Crippen molar-refractivity contribution in [3.63, 3.8) is 0 Å². The first-order valence-corrected chi connectivity index (χ1v) is 14.1. The van der Waals surface area contributed by atoms with Crippen LogP contribution in [0.4, 0.5) is 0 Å². The van der Waals surface area contributed by atoms with Gasteiger partial charge >= 0.3 is 0 Å². The number of aromatic nitrogens is 1. The first-order chi connectivity index (χ1) is 17.6. The Balaban J connectivity index is 1.63. The Morgan fingerprint density at radius 2 is 2.19 bits per heavy atom. The third kappa shape index (κ3) is 6.79. The number of hydrogen-bond donors (Lipinski definition) is 3. The zero-order chi connectivity index (χ0) is 26.6. The molecule has 0 radical (unpaired) electrons. The van der Waals surface area contributed by atoms with E-state index >= 15 is 0 Å². The van der Waals surface area contributed by atoms with Crippen molar-refractivity contribution in [2.75, 3.05) is 20.3 Å². The summed E-state index contributed by atoms with van der Waals surface area (Å²) < 4.78 is 11.7. The van der Waals surface area contributed by atoms with Crippen LogP contribution in [0.1, 0.15) is 70.0 Å². The van der Waals surface area contributed by atoms with Gasteiger partial charge in [0, 0.05) is 43.3 Å². The minimum absolute atomic E-state index is 0.0244. The molecule has 2 aliphatic rings. The van der Waals surface area contributed by atoms with Gasteiger partial charge < -0.3 is 25.2 Å². The van der Waals surface area contributed by atoms with Crippen molar-refractivity contribution in [3.05, 3.63) is 47.5 Å². The molecule has 1 aliphatic carbocycles. The van der Waals surface area contributed by atoms with Crippen molar-refractivity contribution < 1.29 is 19.4 Å². The molecule has 0 unspecified atom stereocenters. The second kappa shape index (κ2) is 11.6. The zero-order valence-electron chi connectivity index (χ0n) is 22.5. The van der Waals surface area contributed by atoms with Crippen LogP contribution in [0.15, 0.2) is 36.4 Å². The van der Waals surface area contributed by atoms with Crippen molar-refractivity contribution in [2.45, 2.75) is 83.1 Å². The third-order valence-electron chi connectivity index (χ3n) is 7.19. The van der Waals surface area contributed by atoms with E-state index in [0.717, 1.165) is 54.0 Å². The number of aliphatic hydroxyl groups excluding tert-OH is 1. The van der Waals surface area contributed by atoms with E-state index in [0.29, 0.717) is 13.0 Å². The lowest BCUT2D eigenvalue weighted by atomic mass is 9.72. The van der Waals surface area contributed by atoms with Crippen molar-refractivity contribution in [2.24, 2.45) is 5.41 Å². The van der Waals surface area contributed by atoms with Crippen LogP contribution in [0.3, 0.4) is 0 Å². The van der Waals surface area contributed by atoms with Gasteiger partial charge in [0.1, 0.15) is 23.0 Å². The predicted octanol–water partition coefficient (Wildman–Crippen LogP) is 4.80. The highest BCUT2D eigenvalue weighted by Gasteiger charge is 2.46. The lowest BCUT2D eigenvalue weighted by Crippen LogP contribution is -2.52. The number of hydrogen-bond acceptors (Lipinski definition) is 7. The summed E-state index contributed by atoms with van der Waals surface area (Å²) in [6, 6.07) is 4.10. The Morgan fingerprint density at radius 3 is 2.78 bits per heavy atom. The molecule has 1 amide bonds. The molecule has 7 nitrogen and oxygen atoms in total. The van der Waals surface area contributed by atoms with E-state index in [1.165, 1.54) is 12.7 Å². The number of rotatable bonds is 11. The number of aliphatic hydroxyl groups is 1. The Hall–Kier alpha value is -2.26. The van der Waals surface area contributed by atoms with Crippen LogP contribution in [-0.2, 0) is 16.0 Å². The van der Waals surface area contributed by atoms with Crippen LogP contribution < -0.4 is 15.4 Å². The van der Waals surface area contributed by atoms with Gasteiger partial charge in [-0.05, 0) is 49.1 Å². The van der Waals surface area contributed by atoms with Crippen molar-refractivity contribution in [1.82, 2.24) is 15.6 Å². The van der Waals surface area contributed by atoms with E-state index in [4.69, 9.17) is 9.47 Å². The van der Waals surface area contributed by atoms with Gasteiger partial charge in [0.05, 0.1) is 17.7 Å². The number of methoxy groups -OCH3 is 1. The fourth-order valence-corrected chi connectivity index (χ4v) is 6.04. The number of benzene rings is 1. The summed E-state index contributed by atoms with van der Waals surface area (Å²) in [5, 5.41) is 20.5. The monoisotopic (exact) mass is 527 g/mol. The number of amides is 1. The number of thiazole rings is 1. The maximum Gasteiger partial charge on any atom is 0.246 e. The van der Waals surface area contributed by atoms with Gasteiger partial charge in [-0.25, -0.2) is 4.98 Å². The van der Waals surface area contributed by atoms with Crippen LogP contribution in [0, 0.1) is 5.41 Å². The topological polar surface area (TPSA) is 92.7 Å². The average Bonchev–Trinajstić information content (AvgIpc) is 3.34. The molecule has 1 aliphatic heterocycles. The molecule has 37 heavy (non-hydrogen) atoms. The second-order valence-electron chi connectivity index (χ2n) is 11.6. The largest absolute Gasteiger partial charge is 0.486 e. The van der Waals surface area contributed by atoms with Crippen molar-refractivity contribution >= 4 is 17.2 Å². The number of carbonyl (C=O) groups excluding carboxylic acids is 1. The van der Waals surface area contributed by atoms with Gasteiger partial charge in [-0.3, -0.25) is 4.79 Å². The Bertz CT molecular complexity index is 1080. The van der Waals surface area contributed by atoms with Crippen molar-refractivity contribution in [1.29, 1.82) is 0 Å². The first kappa shape index (κ1) is 27.8. The summed E-state index contributed by atoms with van der Waals surface area (Å²) in [6.07, 6.45) is 8.25. The molecule has 4 rings (SSSR count). The Morgan fingerprint density at radius 1 is 1.41 bits per heavy atom. The van der Waals surface area contributed by atoms with Crippen molar-refractivity contribution in [3.8, 4) is 16.3 Å². The highest BCUT2D eigenvalue weighted by molar-refractivity contribution is 7.13. The standard InChI is InChI=1S/C29H41N3O4S/c1-6-8-22(32-25(34)18-35-5)24(33)17-31-23-16-29(9-7-10-29)36-26-20(23)13-19(15-28(2,3)4)14-21(26)27-30-11-12-37-27/h6,11-14,22-24,31,33H,1,7-10,15-18H2,2-5H3,(H,32,34)/t22-,23-,24+/m0/s1. The minimum Gasteiger partial charge on any atom is -0.486 e. The van der Waals surface area contributed by atoms with E-state index in [1.54, 1.807) is 17.4 Å². The number of carbonyl (C=O) groups is 1. The van der Waals surface area contributed by atoms with E-state index in [1.807, 2.05) is 11.6 Å². The molecule has 8 heteroatoms. The summed E-state index contributed by atoms with van der Waals surface area (Å²) in [7, 11) is 1.48. The van der Waals surface area contributed by atoms with Gasteiger partial charge in [0.2, 0.25) is 5.91 Å². The summed E-state index contributed by atoms with van der Waals surface area (Å²) in [6.45, 7) is 10.8. The molecule has 1 fully saturated rings. The van der Waals surface area contributed by atoms with E-state index in [9.17, 15) is 9.90 Å². The lowest BCUT2D eigenvalue weighted by Gasteiger charge is -2.49. The highest BCUT2D eigenvalue weighted by atomic mass is 32.1. The average molecular weight is 528 g/mol. The highest BCUT2D eigenvalue weighted by Crippen LogP contribution is 2.52. The third-order valence-corrected chi connectivity index (χ3v) is 8.00. The van der Waals surface area contributed by atoms with Gasteiger partial charge in [0.15, 0.2) is 0 Å². The van der Waals surface area contributed by atoms with E-state index in [-0.39, 0.29) is 29.6 Å². The van der Waals surface area contributed by atoms with Gasteiger partial charge in [0.25, 0.3) is 0 Å². The van der Waals surface area contributed by atoms with Crippen LogP contribution in [0.25, 0.3) is 10.6 Å². The molecule has 1 spiro atoms. The van der Waals surface area contributed by atoms with E-state index in [2.05, 4.69) is 55.1 Å². The van der Waals surface area contributed by atoms with Crippen LogP contribution in [0.2, 0.25) is 0 Å². The quantitative estimate of drug-likeness (QED) is 0.364. The van der Waals surface area contributed by atoms with Crippen LogP contribution in [-0.4, -0.2) is 54.0 Å². The normalized spacial score (nSPS) is 19.9. The first-order valence-electron chi connectivity index (χ1n) is 13.2. The van der Waals surface area contributed by atoms with Gasteiger partial charge in [-0.1, -0.05) is 32.9 Å². The number of ether oxygens (including phenoxy) is 2. The SMILES string of the molecule is C=CC[C@H](NC(=O)COC)[C@H](O)CN[C@H]1CC2(CCC2)Oc2c(-c3nccs3)cc(CC(C)(C)C)cc21. The molecular formula is C29H41N3O4S. The summed E-state index contributed by atoms with van der Waals surface area (Å²) in [4.78, 5) is 16.7. The smallest absolute Gasteiger partial charge is 0.246 e.